The van der Waals surface area contributed by atoms with E-state index in [0.29, 0.717) is 13.3 Å². The second kappa shape index (κ2) is 8.01. The summed E-state index contributed by atoms with van der Waals surface area (Å²) in [5.74, 6) is 0. The molecule has 0 saturated carbocycles. The van der Waals surface area contributed by atoms with Gasteiger partial charge in [0.2, 0.25) is 0 Å². The molecule has 0 radical (unpaired) electrons. The van der Waals surface area contributed by atoms with Crippen molar-refractivity contribution in [2.75, 3.05) is 5.73 Å². The van der Waals surface area contributed by atoms with Crippen molar-refractivity contribution in [1.29, 1.82) is 0 Å². The van der Waals surface area contributed by atoms with Crippen LogP contribution in [0, 0.1) is 0 Å². The molecule has 84 valence electrons. The van der Waals surface area contributed by atoms with Crippen LogP contribution >= 0.6 is 48.6 Å². The molecule has 1 heterocycles. The molecular formula is C7H15I3N2SSi. The summed E-state index contributed by atoms with van der Waals surface area (Å²) in [7, 11) is -1.00. The van der Waals surface area contributed by atoms with Crippen molar-refractivity contribution in [1.82, 2.24) is 0 Å². The Morgan fingerprint density at radius 2 is 2.00 bits per heavy atom. The molecule has 0 bridgehead atoms. The Labute approximate surface area is 121 Å². The molecule has 0 aliphatic heterocycles. The molecule has 14 heavy (non-hydrogen) atoms. The number of nitrogens with two attached hydrogens (primary N) is 1. The minimum absolute atomic E-state index is 0.530. The SMILES string of the molecule is C[Si](C)(C)C[n+]1ccsc1N.I[I-]I. The van der Waals surface area contributed by atoms with Gasteiger partial charge < -0.3 is 0 Å². The summed E-state index contributed by atoms with van der Waals surface area (Å²) in [5, 5.41) is 2.96. The monoisotopic (exact) mass is 568 g/mol. The van der Waals surface area contributed by atoms with Crippen LogP contribution in [0.5, 0.6) is 0 Å². The van der Waals surface area contributed by atoms with E-state index in [1.807, 2.05) is 5.38 Å². The van der Waals surface area contributed by atoms with Crippen LogP contribution in [-0.2, 0) is 6.17 Å². The molecule has 0 saturated heterocycles. The molecule has 0 aromatic carbocycles. The van der Waals surface area contributed by atoms with Crippen molar-refractivity contribution in [3.63, 3.8) is 0 Å². The summed E-state index contributed by atoms with van der Waals surface area (Å²) in [5.41, 5.74) is 5.75. The van der Waals surface area contributed by atoms with Crippen molar-refractivity contribution in [2.45, 2.75) is 25.8 Å². The molecule has 0 amide bonds. The zero-order chi connectivity index (χ0) is 11.2. The van der Waals surface area contributed by atoms with Crippen LogP contribution in [0.3, 0.4) is 0 Å². The third-order valence-corrected chi connectivity index (χ3v) is 3.38. The predicted molar refractivity (Wildman–Crippen MR) is 80.3 cm³/mol. The van der Waals surface area contributed by atoms with Crippen LogP contribution in [0.25, 0.3) is 0 Å². The fourth-order valence-electron chi connectivity index (χ4n) is 0.956. The number of thiazole rings is 1. The first-order valence-corrected chi connectivity index (χ1v) is 21.2. The number of nitrogens with zero attached hydrogens (tertiary/aromatic N) is 1. The number of hydrogen-bond donors (Lipinski definition) is 1. The second-order valence-electron chi connectivity index (χ2n) is 3.98. The number of anilines is 1. The van der Waals surface area contributed by atoms with Gasteiger partial charge in [-0.15, -0.1) is 0 Å². The van der Waals surface area contributed by atoms with Gasteiger partial charge in [0.15, 0.2) is 0 Å². The maximum absolute atomic E-state index is 5.75. The Balaban J connectivity index is 0.000000500. The van der Waals surface area contributed by atoms with Crippen LogP contribution in [-0.4, -0.2) is 8.07 Å². The number of halogens is 3. The molecule has 7 heteroatoms. The Hall–Kier alpha value is 1.84. The van der Waals surface area contributed by atoms with E-state index in [1.54, 1.807) is 11.3 Å². The summed E-state index contributed by atoms with van der Waals surface area (Å²) in [6.07, 6.45) is 3.20. The standard InChI is InChI=1S/C7H14N2SSi.I3/c1-11(2,3)6-9-4-5-10-7(9)8;1-3-2/h4-5,8H,6H2,1-3H3;/q;-1/p+1. The van der Waals surface area contributed by atoms with E-state index in [9.17, 15) is 0 Å². The average Bonchev–Trinajstić information content (AvgIpc) is 2.35. The van der Waals surface area contributed by atoms with Crippen molar-refractivity contribution in [3.8, 4) is 0 Å². The van der Waals surface area contributed by atoms with Gasteiger partial charge in [0.25, 0.3) is 0 Å². The van der Waals surface area contributed by atoms with Gasteiger partial charge in [-0.3, -0.25) is 5.73 Å². The zero-order valence-corrected chi connectivity index (χ0v) is 16.7. The Morgan fingerprint density at radius 3 is 2.29 bits per heavy atom. The summed E-state index contributed by atoms with van der Waals surface area (Å²) in [6.45, 7) is 7.03. The molecule has 1 rings (SSSR count). The molecule has 2 nitrogen and oxygen atoms in total. The summed E-state index contributed by atoms with van der Waals surface area (Å²) in [6, 6.07) is 0. The molecule has 2 N–H and O–H groups in total. The molecule has 0 aliphatic carbocycles. The number of rotatable bonds is 2. The Morgan fingerprint density at radius 1 is 1.50 bits per heavy atom. The van der Waals surface area contributed by atoms with E-state index in [4.69, 9.17) is 5.73 Å². The summed E-state index contributed by atoms with van der Waals surface area (Å²) >= 11 is 6.91. The van der Waals surface area contributed by atoms with Gasteiger partial charge in [-0.2, -0.15) is 0 Å². The van der Waals surface area contributed by atoms with E-state index >= 15 is 0 Å². The van der Waals surface area contributed by atoms with Gasteiger partial charge in [0, 0.05) is 5.38 Å². The topological polar surface area (TPSA) is 29.9 Å². The van der Waals surface area contributed by atoms with E-state index in [1.165, 1.54) is 0 Å². The Kier molecular flexibility index (Phi) is 9.06. The van der Waals surface area contributed by atoms with Crippen molar-refractivity contribution >= 4 is 61.8 Å². The number of aromatic nitrogens is 1. The first-order chi connectivity index (χ1) is 6.40. The van der Waals surface area contributed by atoms with Gasteiger partial charge in [-0.05, 0) is 0 Å². The first kappa shape index (κ1) is 15.8. The van der Waals surface area contributed by atoms with Crippen molar-refractivity contribution < 1.29 is 17.8 Å². The third-order valence-electron chi connectivity index (χ3n) is 1.36. The molecule has 0 fully saturated rings. The van der Waals surface area contributed by atoms with E-state index < -0.39 is 8.07 Å². The van der Waals surface area contributed by atoms with Crippen LogP contribution in [0.4, 0.5) is 5.13 Å². The fourth-order valence-corrected chi connectivity index (χ4v) is 2.98. The van der Waals surface area contributed by atoms with E-state index in [-0.39, 0.29) is 0 Å². The molecule has 0 unspecified atom stereocenters. The summed E-state index contributed by atoms with van der Waals surface area (Å²) < 4.78 is 2.15. The van der Waals surface area contributed by atoms with Crippen LogP contribution in [0.1, 0.15) is 0 Å². The van der Waals surface area contributed by atoms with Gasteiger partial charge in [0.1, 0.15) is 6.20 Å². The van der Waals surface area contributed by atoms with Gasteiger partial charge in [0.05, 0.1) is 14.2 Å². The normalized spacial score (nSPS) is 10.9. The molecule has 0 atom stereocenters. The number of hydrogen-bond acceptors (Lipinski definition) is 2. The zero-order valence-electron chi connectivity index (χ0n) is 8.43. The van der Waals surface area contributed by atoms with Crippen LogP contribution in [0.2, 0.25) is 19.6 Å². The van der Waals surface area contributed by atoms with E-state index in [0.717, 1.165) is 11.3 Å². The molecular weight excluding hydrogens is 553 g/mol. The minimum atomic E-state index is -1.00. The fraction of sp³-hybridized carbons (Fsp3) is 0.571. The third kappa shape index (κ3) is 8.04. The van der Waals surface area contributed by atoms with Crippen molar-refractivity contribution in [2.24, 2.45) is 0 Å². The van der Waals surface area contributed by atoms with Gasteiger partial charge in [-0.1, -0.05) is 31.0 Å². The molecule has 0 spiro atoms. The first-order valence-electron chi connectivity index (χ1n) is 4.00. The number of nitrogen functional groups attached to an aromatic ring is 1. The quantitative estimate of drug-likeness (QED) is 0.310. The molecule has 1 aromatic rings. The van der Waals surface area contributed by atoms with Crippen LogP contribution in [0.15, 0.2) is 11.6 Å². The maximum atomic E-state index is 5.75. The predicted octanol–water partition coefficient (Wildman–Crippen LogP) is 0.271. The van der Waals surface area contributed by atoms with E-state index in [2.05, 4.69) is 67.6 Å². The van der Waals surface area contributed by atoms with Gasteiger partial charge >= 0.3 is 55.6 Å². The average molecular weight is 568 g/mol. The summed E-state index contributed by atoms with van der Waals surface area (Å²) in [4.78, 5) is 0. The second-order valence-corrected chi connectivity index (χ2v) is 26.6. The van der Waals surface area contributed by atoms with Gasteiger partial charge in [-0.25, -0.2) is 4.57 Å². The van der Waals surface area contributed by atoms with Crippen molar-refractivity contribution in [3.05, 3.63) is 11.6 Å². The Bertz CT molecular complexity index is 262. The van der Waals surface area contributed by atoms with Crippen LogP contribution < -0.4 is 23.6 Å². The molecule has 1 aromatic heterocycles. The molecule has 0 aliphatic rings.